The van der Waals surface area contributed by atoms with Gasteiger partial charge in [-0.05, 0) is 25.5 Å². The van der Waals surface area contributed by atoms with E-state index in [2.05, 4.69) is 33.3 Å². The number of aromatic nitrogens is 3. The van der Waals surface area contributed by atoms with Crippen LogP contribution in [-0.2, 0) is 13.0 Å². The molecule has 1 aromatic carbocycles. The number of likely N-dealkylation sites (tertiary alicyclic amines) is 1. The number of rotatable bonds is 4. The van der Waals surface area contributed by atoms with Crippen molar-refractivity contribution in [3.63, 3.8) is 0 Å². The molecule has 1 N–H and O–H groups in total. The van der Waals surface area contributed by atoms with Gasteiger partial charge in [0.2, 0.25) is 0 Å². The predicted octanol–water partition coefficient (Wildman–Crippen LogP) is 2.43. The molecule has 0 saturated carbocycles. The first-order valence-electron chi connectivity index (χ1n) is 8.21. The largest absolute Gasteiger partial charge is 0.391 e. The van der Waals surface area contributed by atoms with Gasteiger partial charge in [-0.1, -0.05) is 24.3 Å². The number of β-amino-alcohol motifs (C(OH)–C–C–N with tert-alkyl or cyclic N) is 1. The van der Waals surface area contributed by atoms with Gasteiger partial charge in [-0.3, -0.25) is 9.88 Å². The van der Waals surface area contributed by atoms with Crippen LogP contribution in [0.1, 0.15) is 15.7 Å². The lowest BCUT2D eigenvalue weighted by Gasteiger charge is -2.14. The van der Waals surface area contributed by atoms with Crippen molar-refractivity contribution >= 4 is 22.2 Å². The van der Waals surface area contributed by atoms with Crippen molar-refractivity contribution in [3.05, 3.63) is 52.1 Å². The van der Waals surface area contributed by atoms with Crippen molar-refractivity contribution in [2.75, 3.05) is 13.1 Å². The lowest BCUT2D eigenvalue weighted by Crippen LogP contribution is -2.21. The van der Waals surface area contributed by atoms with Crippen LogP contribution in [0.2, 0.25) is 0 Å². The molecule has 0 bridgehead atoms. The summed E-state index contributed by atoms with van der Waals surface area (Å²) in [5.41, 5.74) is 2.06. The fraction of sp³-hybridized carbons (Fsp3) is 0.389. The number of hydrogen-bond acceptors (Lipinski definition) is 6. The Kier molecular flexibility index (Phi) is 4.26. The smallest absolute Gasteiger partial charge is 0.131 e. The molecular weight excluding hydrogens is 320 g/mol. The molecule has 0 amide bonds. The summed E-state index contributed by atoms with van der Waals surface area (Å²) in [5.74, 6) is 0.215. The first kappa shape index (κ1) is 15.6. The molecule has 3 aromatic rings. The summed E-state index contributed by atoms with van der Waals surface area (Å²) >= 11 is 1.62. The maximum absolute atomic E-state index is 10.4. The van der Waals surface area contributed by atoms with Gasteiger partial charge in [-0.25, -0.2) is 0 Å². The van der Waals surface area contributed by atoms with Gasteiger partial charge in [0.05, 0.1) is 18.2 Å². The van der Waals surface area contributed by atoms with E-state index in [9.17, 15) is 5.11 Å². The number of fused-ring (bicyclic) bond motifs is 1. The fourth-order valence-corrected chi connectivity index (χ4v) is 4.11. The van der Waals surface area contributed by atoms with Gasteiger partial charge in [0.1, 0.15) is 10.0 Å². The van der Waals surface area contributed by atoms with Gasteiger partial charge in [0.15, 0.2) is 0 Å². The maximum Gasteiger partial charge on any atom is 0.131 e. The molecule has 0 spiro atoms. The number of aryl methyl sites for hydroxylation is 1. The molecule has 2 atom stereocenters. The number of pyridine rings is 1. The molecule has 0 unspecified atom stereocenters. The van der Waals surface area contributed by atoms with Gasteiger partial charge in [-0.2, -0.15) is 0 Å². The molecule has 6 heteroatoms. The van der Waals surface area contributed by atoms with Crippen molar-refractivity contribution in [2.24, 2.45) is 5.92 Å². The number of hydrogen-bond donors (Lipinski definition) is 1. The minimum Gasteiger partial charge on any atom is -0.391 e. The third-order valence-electron chi connectivity index (χ3n) is 4.54. The van der Waals surface area contributed by atoms with Gasteiger partial charge in [-0.15, -0.1) is 21.5 Å². The molecule has 1 aliphatic rings. The van der Waals surface area contributed by atoms with Crippen LogP contribution in [0.3, 0.4) is 0 Å². The Hall–Kier alpha value is -1.89. The van der Waals surface area contributed by atoms with Crippen LogP contribution in [0.5, 0.6) is 0 Å². The van der Waals surface area contributed by atoms with Crippen molar-refractivity contribution in [2.45, 2.75) is 26.0 Å². The average Bonchev–Trinajstić information content (AvgIpc) is 3.13. The number of benzene rings is 1. The highest BCUT2D eigenvalue weighted by Gasteiger charge is 2.32. The lowest BCUT2D eigenvalue weighted by atomic mass is 9.99. The normalized spacial score (nSPS) is 21.6. The van der Waals surface area contributed by atoms with Crippen LogP contribution in [0, 0.1) is 12.8 Å². The summed E-state index contributed by atoms with van der Waals surface area (Å²) in [6.45, 7) is 4.30. The zero-order valence-electron chi connectivity index (χ0n) is 13.6. The molecule has 1 saturated heterocycles. The van der Waals surface area contributed by atoms with E-state index >= 15 is 0 Å². The minimum atomic E-state index is -0.313. The highest BCUT2D eigenvalue weighted by molar-refractivity contribution is 7.11. The van der Waals surface area contributed by atoms with Crippen LogP contribution in [0.15, 0.2) is 36.4 Å². The van der Waals surface area contributed by atoms with Crippen LogP contribution in [0.4, 0.5) is 0 Å². The predicted molar refractivity (Wildman–Crippen MR) is 94.9 cm³/mol. The summed E-state index contributed by atoms with van der Waals surface area (Å²) in [6.07, 6.45) is 0.491. The zero-order chi connectivity index (χ0) is 16.5. The molecular formula is C18H20N4OS. The number of para-hydroxylation sites is 1. The molecule has 1 aliphatic heterocycles. The van der Waals surface area contributed by atoms with Gasteiger partial charge in [0.25, 0.3) is 0 Å². The molecule has 4 rings (SSSR count). The third-order valence-corrected chi connectivity index (χ3v) is 5.36. The first-order valence-corrected chi connectivity index (χ1v) is 9.03. The Balaban J connectivity index is 1.43. The Morgan fingerprint density at radius 2 is 2.04 bits per heavy atom. The molecule has 0 aliphatic carbocycles. The molecule has 124 valence electrons. The fourth-order valence-electron chi connectivity index (χ4n) is 3.35. The topological polar surface area (TPSA) is 62.1 Å². The van der Waals surface area contributed by atoms with E-state index in [1.807, 2.05) is 25.1 Å². The highest BCUT2D eigenvalue weighted by atomic mass is 32.1. The van der Waals surface area contributed by atoms with Crippen LogP contribution >= 0.6 is 11.3 Å². The third kappa shape index (κ3) is 3.31. The maximum atomic E-state index is 10.4. The van der Waals surface area contributed by atoms with E-state index < -0.39 is 0 Å². The van der Waals surface area contributed by atoms with Gasteiger partial charge < -0.3 is 5.11 Å². The van der Waals surface area contributed by atoms with E-state index in [1.54, 1.807) is 11.3 Å². The SMILES string of the molecule is Cc1nnc(CN2C[C@@H](Cc3ccc4ccccc4n3)[C@H](O)C2)s1. The molecule has 3 heterocycles. The standard InChI is InChI=1S/C18H20N4OS/c1-12-20-21-18(24-12)11-22-9-14(17(23)10-22)8-15-7-6-13-4-2-3-5-16(13)19-15/h2-7,14,17,23H,8-11H2,1H3/t14-,17-/m1/s1. The quantitative estimate of drug-likeness (QED) is 0.790. The summed E-state index contributed by atoms with van der Waals surface area (Å²) in [7, 11) is 0. The molecule has 2 aromatic heterocycles. The number of nitrogens with zero attached hydrogens (tertiary/aromatic N) is 4. The van der Waals surface area contributed by atoms with Crippen LogP contribution in [0.25, 0.3) is 10.9 Å². The van der Waals surface area contributed by atoms with E-state index in [-0.39, 0.29) is 12.0 Å². The average molecular weight is 340 g/mol. The number of aliphatic hydroxyl groups is 1. The second kappa shape index (κ2) is 6.55. The molecule has 1 fully saturated rings. The summed E-state index contributed by atoms with van der Waals surface area (Å²) in [6, 6.07) is 12.3. The Bertz CT molecular complexity index is 850. The van der Waals surface area contributed by atoms with E-state index in [0.29, 0.717) is 6.54 Å². The van der Waals surface area contributed by atoms with Crippen molar-refractivity contribution in [1.82, 2.24) is 20.1 Å². The van der Waals surface area contributed by atoms with Crippen LogP contribution < -0.4 is 0 Å². The van der Waals surface area contributed by atoms with Crippen molar-refractivity contribution < 1.29 is 5.11 Å². The zero-order valence-corrected chi connectivity index (χ0v) is 14.4. The second-order valence-corrected chi connectivity index (χ2v) is 7.70. The molecule has 24 heavy (non-hydrogen) atoms. The van der Waals surface area contributed by atoms with E-state index in [4.69, 9.17) is 4.98 Å². The van der Waals surface area contributed by atoms with Crippen molar-refractivity contribution in [1.29, 1.82) is 0 Å². The summed E-state index contributed by atoms with van der Waals surface area (Å²) < 4.78 is 0. The number of aliphatic hydroxyl groups excluding tert-OH is 1. The minimum absolute atomic E-state index is 0.215. The Labute approximate surface area is 145 Å². The van der Waals surface area contributed by atoms with E-state index in [1.165, 1.54) is 0 Å². The Morgan fingerprint density at radius 3 is 2.88 bits per heavy atom. The Morgan fingerprint density at radius 1 is 1.17 bits per heavy atom. The molecule has 5 nitrogen and oxygen atoms in total. The van der Waals surface area contributed by atoms with Crippen molar-refractivity contribution in [3.8, 4) is 0 Å². The van der Waals surface area contributed by atoms with Crippen LogP contribution in [-0.4, -0.2) is 44.4 Å². The monoisotopic (exact) mass is 340 g/mol. The van der Waals surface area contributed by atoms with E-state index in [0.717, 1.165) is 46.1 Å². The highest BCUT2D eigenvalue weighted by Crippen LogP contribution is 2.24. The van der Waals surface area contributed by atoms with Gasteiger partial charge in [0, 0.05) is 30.1 Å². The van der Waals surface area contributed by atoms with Gasteiger partial charge >= 0.3 is 0 Å². The molecule has 0 radical (unpaired) electrons. The lowest BCUT2D eigenvalue weighted by molar-refractivity contribution is 0.140. The summed E-state index contributed by atoms with van der Waals surface area (Å²) in [5, 5.41) is 21.8. The summed E-state index contributed by atoms with van der Waals surface area (Å²) in [4.78, 5) is 7.00. The second-order valence-electron chi connectivity index (χ2n) is 6.44. The first-order chi connectivity index (χ1) is 11.7.